The summed E-state index contributed by atoms with van der Waals surface area (Å²) in [4.78, 5) is 0. The van der Waals surface area contributed by atoms with Gasteiger partial charge in [-0.25, -0.2) is 0 Å². The molecule has 1 aliphatic carbocycles. The maximum absolute atomic E-state index is 5.80. The highest BCUT2D eigenvalue weighted by Gasteiger charge is 2.22. The van der Waals surface area contributed by atoms with Crippen LogP contribution in [0.25, 0.3) is 0 Å². The van der Waals surface area contributed by atoms with Gasteiger partial charge in [0, 0.05) is 0 Å². The van der Waals surface area contributed by atoms with Gasteiger partial charge >= 0.3 is 0 Å². The van der Waals surface area contributed by atoms with Crippen molar-refractivity contribution in [1.29, 1.82) is 0 Å². The molecule has 0 heterocycles. The normalized spacial score (nSPS) is 21.1. The van der Waals surface area contributed by atoms with Crippen molar-refractivity contribution in [3.63, 3.8) is 0 Å². The van der Waals surface area contributed by atoms with E-state index in [-0.39, 0.29) is 0 Å². The van der Waals surface area contributed by atoms with Crippen LogP contribution in [0.15, 0.2) is 30.9 Å². The summed E-state index contributed by atoms with van der Waals surface area (Å²) in [7, 11) is 0. The van der Waals surface area contributed by atoms with E-state index in [9.17, 15) is 0 Å². The Bertz CT molecular complexity index is 469. The molecule has 1 aromatic rings. The minimum absolute atomic E-state index is 0.756. The van der Waals surface area contributed by atoms with Gasteiger partial charge in [0.15, 0.2) is 0 Å². The molecule has 1 saturated carbocycles. The second-order valence-electron chi connectivity index (χ2n) is 6.99. The van der Waals surface area contributed by atoms with Crippen molar-refractivity contribution in [3.05, 3.63) is 42.0 Å². The summed E-state index contributed by atoms with van der Waals surface area (Å²) >= 11 is 0. The third-order valence-electron chi connectivity index (χ3n) is 5.24. The molecule has 0 atom stereocenters. The molecule has 1 nitrogen and oxygen atoms in total. The Morgan fingerprint density at radius 2 is 1.96 bits per heavy atom. The summed E-state index contributed by atoms with van der Waals surface area (Å²) in [6.45, 7) is 8.90. The second kappa shape index (κ2) is 9.80. The van der Waals surface area contributed by atoms with Gasteiger partial charge in [-0.05, 0) is 80.9 Å². The van der Waals surface area contributed by atoms with Crippen LogP contribution in [0, 0.1) is 5.92 Å². The van der Waals surface area contributed by atoms with Gasteiger partial charge in [0.25, 0.3) is 0 Å². The van der Waals surface area contributed by atoms with E-state index < -0.39 is 0 Å². The maximum atomic E-state index is 5.80. The molecule has 0 saturated heterocycles. The van der Waals surface area contributed by atoms with E-state index in [1.807, 2.05) is 0 Å². The number of aryl methyl sites for hydroxylation is 1. The first-order valence-corrected chi connectivity index (χ1v) is 9.65. The van der Waals surface area contributed by atoms with E-state index >= 15 is 0 Å². The molecule has 0 aromatic heterocycles. The molecule has 0 N–H and O–H groups in total. The van der Waals surface area contributed by atoms with Crippen molar-refractivity contribution in [2.24, 2.45) is 5.92 Å². The Morgan fingerprint density at radius 1 is 1.17 bits per heavy atom. The fourth-order valence-electron chi connectivity index (χ4n) is 3.95. The van der Waals surface area contributed by atoms with Gasteiger partial charge in [-0.1, -0.05) is 38.0 Å². The van der Waals surface area contributed by atoms with E-state index in [2.05, 4.69) is 44.7 Å². The van der Waals surface area contributed by atoms with E-state index in [0.29, 0.717) is 0 Å². The van der Waals surface area contributed by atoms with E-state index in [1.165, 1.54) is 56.9 Å². The standard InChI is InChI=1S/C22H34O/c1-4-7-8-10-18-11-13-19(14-12-18)20-15-16-22(23-6-3)21(17-20)9-5-2/h4,15-19H,1,5-14H2,2-3H3. The largest absolute Gasteiger partial charge is 0.494 e. The van der Waals surface area contributed by atoms with Gasteiger partial charge in [0.1, 0.15) is 5.75 Å². The van der Waals surface area contributed by atoms with E-state index in [0.717, 1.165) is 30.6 Å². The highest BCUT2D eigenvalue weighted by Crippen LogP contribution is 2.39. The molecule has 2 rings (SSSR count). The summed E-state index contributed by atoms with van der Waals surface area (Å²) in [5.41, 5.74) is 2.95. The number of allylic oxidation sites excluding steroid dienone is 1. The van der Waals surface area contributed by atoms with Crippen molar-refractivity contribution in [2.45, 2.75) is 77.6 Å². The highest BCUT2D eigenvalue weighted by atomic mass is 16.5. The second-order valence-corrected chi connectivity index (χ2v) is 6.99. The predicted molar refractivity (Wildman–Crippen MR) is 100 cm³/mol. The fourth-order valence-corrected chi connectivity index (χ4v) is 3.95. The van der Waals surface area contributed by atoms with Crippen molar-refractivity contribution in [3.8, 4) is 5.75 Å². The fraction of sp³-hybridized carbons (Fsp3) is 0.636. The lowest BCUT2D eigenvalue weighted by Gasteiger charge is -2.29. The van der Waals surface area contributed by atoms with Gasteiger partial charge in [-0.2, -0.15) is 0 Å². The van der Waals surface area contributed by atoms with Crippen molar-refractivity contribution >= 4 is 0 Å². The molecule has 1 heteroatoms. The van der Waals surface area contributed by atoms with Gasteiger partial charge in [0.2, 0.25) is 0 Å². The quantitative estimate of drug-likeness (QED) is 0.365. The number of unbranched alkanes of at least 4 members (excludes halogenated alkanes) is 1. The summed E-state index contributed by atoms with van der Waals surface area (Å²) in [6.07, 6.45) is 13.8. The first-order chi connectivity index (χ1) is 11.3. The van der Waals surface area contributed by atoms with Crippen LogP contribution in [0.2, 0.25) is 0 Å². The number of benzene rings is 1. The number of hydrogen-bond donors (Lipinski definition) is 0. The highest BCUT2D eigenvalue weighted by molar-refractivity contribution is 5.39. The van der Waals surface area contributed by atoms with E-state index in [1.54, 1.807) is 5.56 Å². The number of hydrogen-bond acceptors (Lipinski definition) is 1. The molecular formula is C22H34O. The molecule has 0 unspecified atom stereocenters. The molecular weight excluding hydrogens is 280 g/mol. The summed E-state index contributed by atoms with van der Waals surface area (Å²) in [5.74, 6) is 2.80. The Kier molecular flexibility index (Phi) is 7.71. The zero-order valence-electron chi connectivity index (χ0n) is 15.2. The first kappa shape index (κ1) is 18.1. The molecule has 1 fully saturated rings. The summed E-state index contributed by atoms with van der Waals surface area (Å²) < 4.78 is 5.80. The number of ether oxygens (including phenoxy) is 1. The van der Waals surface area contributed by atoms with Crippen molar-refractivity contribution in [1.82, 2.24) is 0 Å². The molecule has 1 aromatic carbocycles. The Morgan fingerprint density at radius 3 is 2.61 bits per heavy atom. The summed E-state index contributed by atoms with van der Waals surface area (Å²) in [6, 6.07) is 6.95. The average molecular weight is 315 g/mol. The minimum atomic E-state index is 0.756. The summed E-state index contributed by atoms with van der Waals surface area (Å²) in [5, 5.41) is 0. The zero-order chi connectivity index (χ0) is 16.5. The lowest BCUT2D eigenvalue weighted by atomic mass is 9.76. The zero-order valence-corrected chi connectivity index (χ0v) is 15.2. The van der Waals surface area contributed by atoms with Crippen LogP contribution in [0.5, 0.6) is 5.75 Å². The predicted octanol–water partition coefficient (Wildman–Crippen LogP) is 6.67. The van der Waals surface area contributed by atoms with Crippen LogP contribution >= 0.6 is 0 Å². The smallest absolute Gasteiger partial charge is 0.122 e. The van der Waals surface area contributed by atoms with Gasteiger partial charge in [-0.3, -0.25) is 0 Å². The van der Waals surface area contributed by atoms with Crippen LogP contribution < -0.4 is 4.74 Å². The molecule has 0 aliphatic heterocycles. The Labute approximate surface area is 143 Å². The molecule has 23 heavy (non-hydrogen) atoms. The minimum Gasteiger partial charge on any atom is -0.494 e. The van der Waals surface area contributed by atoms with Crippen LogP contribution in [0.4, 0.5) is 0 Å². The topological polar surface area (TPSA) is 9.23 Å². The van der Waals surface area contributed by atoms with Crippen LogP contribution in [-0.4, -0.2) is 6.61 Å². The molecule has 1 aliphatic rings. The lowest BCUT2D eigenvalue weighted by Crippen LogP contribution is -2.13. The van der Waals surface area contributed by atoms with Crippen LogP contribution in [0.3, 0.4) is 0 Å². The van der Waals surface area contributed by atoms with Crippen LogP contribution in [-0.2, 0) is 6.42 Å². The molecule has 0 spiro atoms. The van der Waals surface area contributed by atoms with E-state index in [4.69, 9.17) is 4.74 Å². The molecule has 0 bridgehead atoms. The van der Waals surface area contributed by atoms with Crippen molar-refractivity contribution in [2.75, 3.05) is 6.61 Å². The van der Waals surface area contributed by atoms with Gasteiger partial charge in [0.05, 0.1) is 6.61 Å². The van der Waals surface area contributed by atoms with Crippen molar-refractivity contribution < 1.29 is 4.74 Å². The Balaban J connectivity index is 1.94. The molecule has 128 valence electrons. The van der Waals surface area contributed by atoms with Crippen LogP contribution in [0.1, 0.15) is 82.3 Å². The monoisotopic (exact) mass is 314 g/mol. The SMILES string of the molecule is C=CCCCC1CCC(c2ccc(OCC)c(CCC)c2)CC1. The lowest BCUT2D eigenvalue weighted by molar-refractivity contribution is 0.305. The third kappa shape index (κ3) is 5.41. The average Bonchev–Trinajstić information content (AvgIpc) is 2.58. The third-order valence-corrected chi connectivity index (χ3v) is 5.24. The first-order valence-electron chi connectivity index (χ1n) is 9.65. The molecule has 0 amide bonds. The number of rotatable bonds is 9. The molecule has 0 radical (unpaired) electrons. The van der Waals surface area contributed by atoms with Gasteiger partial charge < -0.3 is 4.74 Å². The van der Waals surface area contributed by atoms with Gasteiger partial charge in [-0.15, -0.1) is 6.58 Å². The maximum Gasteiger partial charge on any atom is 0.122 e. The Hall–Kier alpha value is -1.24.